The molecule has 0 saturated heterocycles. The molecule has 0 saturated carbocycles. The molecule has 1 heterocycles. The lowest BCUT2D eigenvalue weighted by Crippen LogP contribution is -2.12. The van der Waals surface area contributed by atoms with Gasteiger partial charge in [0.2, 0.25) is 0 Å². The van der Waals surface area contributed by atoms with Gasteiger partial charge in [-0.15, -0.1) is 11.3 Å². The van der Waals surface area contributed by atoms with E-state index < -0.39 is 10.0 Å². The van der Waals surface area contributed by atoms with E-state index in [1.165, 1.54) is 11.3 Å². The van der Waals surface area contributed by atoms with Gasteiger partial charge in [0.05, 0.1) is 10.6 Å². The maximum Gasteiger partial charge on any atom is 0.263 e. The van der Waals surface area contributed by atoms with Crippen LogP contribution >= 0.6 is 11.3 Å². The van der Waals surface area contributed by atoms with E-state index in [0.717, 1.165) is 27.6 Å². The molecule has 1 aromatic heterocycles. The number of nitrogens with zero attached hydrogens (tertiary/aromatic N) is 1. The summed E-state index contributed by atoms with van der Waals surface area (Å²) in [5.74, 6) is 0. The van der Waals surface area contributed by atoms with Crippen LogP contribution in [0.3, 0.4) is 0 Å². The number of nitrogens with one attached hydrogen (secondary N) is 1. The standard InChI is InChI=1S/C20H16N2O2S2/c1-14-9-11-16(12-10-14)26(23,24)22-20-21-19(13-25-20)18-8-4-6-15-5-2-3-7-17(15)18/h2-13H,1H3,(H,21,22). The van der Waals surface area contributed by atoms with Gasteiger partial charge in [-0.1, -0.05) is 60.2 Å². The number of anilines is 1. The largest absolute Gasteiger partial charge is 0.263 e. The molecule has 0 amide bonds. The third-order valence-electron chi connectivity index (χ3n) is 4.12. The Morgan fingerprint density at radius 2 is 1.65 bits per heavy atom. The molecule has 0 unspecified atom stereocenters. The summed E-state index contributed by atoms with van der Waals surface area (Å²) >= 11 is 1.28. The topological polar surface area (TPSA) is 59.1 Å². The molecule has 4 nitrogen and oxygen atoms in total. The molecule has 3 aromatic carbocycles. The Morgan fingerprint density at radius 1 is 0.923 bits per heavy atom. The maximum absolute atomic E-state index is 12.5. The second-order valence-corrected chi connectivity index (χ2v) is 8.52. The van der Waals surface area contributed by atoms with Crippen molar-refractivity contribution in [3.63, 3.8) is 0 Å². The van der Waals surface area contributed by atoms with E-state index in [1.54, 1.807) is 24.3 Å². The van der Waals surface area contributed by atoms with Gasteiger partial charge in [-0.25, -0.2) is 13.4 Å². The zero-order valence-corrected chi connectivity index (χ0v) is 15.6. The number of sulfonamides is 1. The van der Waals surface area contributed by atoms with Crippen molar-refractivity contribution in [3.8, 4) is 11.3 Å². The van der Waals surface area contributed by atoms with Gasteiger partial charge in [0.1, 0.15) is 0 Å². The molecule has 0 aliphatic heterocycles. The summed E-state index contributed by atoms with van der Waals surface area (Å²) in [5.41, 5.74) is 2.75. The van der Waals surface area contributed by atoms with Crippen molar-refractivity contribution in [2.75, 3.05) is 4.72 Å². The van der Waals surface area contributed by atoms with Crippen molar-refractivity contribution >= 4 is 37.3 Å². The van der Waals surface area contributed by atoms with E-state index in [-0.39, 0.29) is 4.90 Å². The van der Waals surface area contributed by atoms with E-state index >= 15 is 0 Å². The number of aryl methyl sites for hydroxylation is 1. The van der Waals surface area contributed by atoms with Crippen LogP contribution in [-0.4, -0.2) is 13.4 Å². The van der Waals surface area contributed by atoms with Crippen LogP contribution in [0.5, 0.6) is 0 Å². The summed E-state index contributed by atoms with van der Waals surface area (Å²) in [7, 11) is -3.64. The highest BCUT2D eigenvalue weighted by molar-refractivity contribution is 7.93. The molecule has 0 fully saturated rings. The summed E-state index contributed by atoms with van der Waals surface area (Å²) < 4.78 is 27.6. The average Bonchev–Trinajstić information content (AvgIpc) is 3.09. The summed E-state index contributed by atoms with van der Waals surface area (Å²) in [6.07, 6.45) is 0. The number of rotatable bonds is 4. The van der Waals surface area contributed by atoms with Gasteiger partial charge in [0.15, 0.2) is 5.13 Å². The third kappa shape index (κ3) is 3.21. The van der Waals surface area contributed by atoms with Gasteiger partial charge in [0.25, 0.3) is 10.0 Å². The Morgan fingerprint density at radius 3 is 2.46 bits per heavy atom. The smallest absolute Gasteiger partial charge is 0.255 e. The highest BCUT2D eigenvalue weighted by Gasteiger charge is 2.16. The molecule has 0 radical (unpaired) electrons. The number of benzene rings is 3. The lowest BCUT2D eigenvalue weighted by Gasteiger charge is -2.06. The molecule has 130 valence electrons. The predicted molar refractivity (Wildman–Crippen MR) is 107 cm³/mol. The summed E-state index contributed by atoms with van der Waals surface area (Å²) in [4.78, 5) is 4.71. The molecule has 4 rings (SSSR count). The molecule has 1 N–H and O–H groups in total. The molecular weight excluding hydrogens is 364 g/mol. The number of hydrogen-bond donors (Lipinski definition) is 1. The third-order valence-corrected chi connectivity index (χ3v) is 6.36. The molecule has 0 atom stereocenters. The molecule has 4 aromatic rings. The Balaban J connectivity index is 1.67. The fourth-order valence-electron chi connectivity index (χ4n) is 2.78. The minimum absolute atomic E-state index is 0.227. The minimum atomic E-state index is -3.64. The van der Waals surface area contributed by atoms with Crippen molar-refractivity contribution in [2.24, 2.45) is 0 Å². The van der Waals surface area contributed by atoms with E-state index in [1.807, 2.05) is 54.8 Å². The van der Waals surface area contributed by atoms with Gasteiger partial charge in [-0.05, 0) is 29.8 Å². The van der Waals surface area contributed by atoms with Crippen molar-refractivity contribution < 1.29 is 8.42 Å². The molecule has 6 heteroatoms. The summed E-state index contributed by atoms with van der Waals surface area (Å²) in [5, 5.41) is 4.44. The second-order valence-electron chi connectivity index (χ2n) is 5.98. The van der Waals surface area contributed by atoms with Gasteiger partial charge in [-0.2, -0.15) is 0 Å². The maximum atomic E-state index is 12.5. The van der Waals surface area contributed by atoms with Crippen LogP contribution in [0.15, 0.2) is 77.0 Å². The zero-order valence-electron chi connectivity index (χ0n) is 14.0. The van der Waals surface area contributed by atoms with Crippen LogP contribution in [-0.2, 0) is 10.0 Å². The zero-order chi connectivity index (χ0) is 18.1. The van der Waals surface area contributed by atoms with Crippen LogP contribution in [0.1, 0.15) is 5.56 Å². The Kier molecular flexibility index (Phi) is 4.22. The van der Waals surface area contributed by atoms with Crippen LogP contribution in [0.25, 0.3) is 22.0 Å². The van der Waals surface area contributed by atoms with Crippen molar-refractivity contribution in [1.29, 1.82) is 0 Å². The monoisotopic (exact) mass is 380 g/mol. The number of fused-ring (bicyclic) bond motifs is 1. The van der Waals surface area contributed by atoms with Crippen molar-refractivity contribution in [1.82, 2.24) is 4.98 Å². The van der Waals surface area contributed by atoms with Crippen LogP contribution < -0.4 is 4.72 Å². The van der Waals surface area contributed by atoms with Gasteiger partial charge < -0.3 is 0 Å². The number of hydrogen-bond acceptors (Lipinski definition) is 4. The summed E-state index contributed by atoms with van der Waals surface area (Å²) in [6, 6.07) is 20.8. The first-order valence-electron chi connectivity index (χ1n) is 8.06. The molecular formula is C20H16N2O2S2. The quantitative estimate of drug-likeness (QED) is 0.537. The fraction of sp³-hybridized carbons (Fsp3) is 0.0500. The molecule has 0 spiro atoms. The SMILES string of the molecule is Cc1ccc(S(=O)(=O)Nc2nc(-c3cccc4ccccc34)cs2)cc1. The Labute approximate surface area is 156 Å². The second kappa shape index (κ2) is 6.55. The summed E-state index contributed by atoms with van der Waals surface area (Å²) in [6.45, 7) is 1.92. The van der Waals surface area contributed by atoms with Crippen LogP contribution in [0, 0.1) is 6.92 Å². The van der Waals surface area contributed by atoms with E-state index in [4.69, 9.17) is 0 Å². The first-order valence-corrected chi connectivity index (χ1v) is 10.4. The van der Waals surface area contributed by atoms with E-state index in [9.17, 15) is 8.42 Å². The van der Waals surface area contributed by atoms with E-state index in [2.05, 4.69) is 9.71 Å². The number of aromatic nitrogens is 1. The predicted octanol–water partition coefficient (Wildman–Crippen LogP) is 5.07. The first kappa shape index (κ1) is 16.8. The van der Waals surface area contributed by atoms with Crippen LogP contribution in [0.2, 0.25) is 0 Å². The average molecular weight is 380 g/mol. The molecule has 0 aliphatic carbocycles. The van der Waals surface area contributed by atoms with Crippen molar-refractivity contribution in [2.45, 2.75) is 11.8 Å². The Bertz CT molecular complexity index is 1170. The lowest BCUT2D eigenvalue weighted by atomic mass is 10.0. The molecule has 0 bridgehead atoms. The molecule has 0 aliphatic rings. The Hall–Kier alpha value is -2.70. The first-order chi connectivity index (χ1) is 12.5. The normalized spacial score (nSPS) is 11.6. The fourth-order valence-corrected chi connectivity index (χ4v) is 4.75. The van der Waals surface area contributed by atoms with Gasteiger partial charge in [-0.3, -0.25) is 4.72 Å². The van der Waals surface area contributed by atoms with Gasteiger partial charge in [0, 0.05) is 10.9 Å². The van der Waals surface area contributed by atoms with Gasteiger partial charge >= 0.3 is 0 Å². The van der Waals surface area contributed by atoms with E-state index in [0.29, 0.717) is 5.13 Å². The lowest BCUT2D eigenvalue weighted by molar-refractivity contribution is 0.601. The van der Waals surface area contributed by atoms with Crippen LogP contribution in [0.4, 0.5) is 5.13 Å². The highest BCUT2D eigenvalue weighted by atomic mass is 32.2. The minimum Gasteiger partial charge on any atom is -0.255 e. The highest BCUT2D eigenvalue weighted by Crippen LogP contribution is 2.31. The van der Waals surface area contributed by atoms with Crippen molar-refractivity contribution in [3.05, 3.63) is 77.7 Å². The molecule has 26 heavy (non-hydrogen) atoms. The number of thiazole rings is 1.